The first-order chi connectivity index (χ1) is 21.2. The van der Waals surface area contributed by atoms with Crippen molar-refractivity contribution in [2.75, 3.05) is 91.2 Å². The second-order valence-electron chi connectivity index (χ2n) is 10.3. The van der Waals surface area contributed by atoms with E-state index < -0.39 is 16.1 Å². The number of sulfonamides is 1. The summed E-state index contributed by atoms with van der Waals surface area (Å²) in [5.41, 5.74) is 1.19. The van der Waals surface area contributed by atoms with Gasteiger partial charge in [0.05, 0.1) is 25.7 Å². The van der Waals surface area contributed by atoms with Gasteiger partial charge >= 0.3 is 6.09 Å². The van der Waals surface area contributed by atoms with Crippen molar-refractivity contribution >= 4 is 48.7 Å². The number of anilines is 1. The number of carbonyl (C=O) groups excluding carboxylic acids is 2. The molecule has 5 rings (SSSR count). The molecule has 1 aromatic heterocycles. The molecule has 3 heterocycles. The fourth-order valence-corrected chi connectivity index (χ4v) is 7.80. The lowest BCUT2D eigenvalue weighted by Crippen LogP contribution is -2.50. The molecule has 0 aliphatic carbocycles. The van der Waals surface area contributed by atoms with Gasteiger partial charge in [0, 0.05) is 71.0 Å². The predicted octanol–water partition coefficient (Wildman–Crippen LogP) is 2.33. The normalized spacial score (nSPS) is 16.6. The number of nitrogens with zero attached hydrogens (tertiary/aromatic N) is 5. The first-order valence-corrected chi connectivity index (χ1v) is 16.8. The smallest absolute Gasteiger partial charge is 0.409 e. The molecule has 2 saturated heterocycles. The minimum atomic E-state index is -3.74. The van der Waals surface area contributed by atoms with Crippen LogP contribution in [-0.4, -0.2) is 126 Å². The van der Waals surface area contributed by atoms with E-state index in [1.807, 2.05) is 12.1 Å². The molecule has 2 aliphatic heterocycles. The summed E-state index contributed by atoms with van der Waals surface area (Å²) >= 11 is 1.59. The number of rotatable bonds is 10. The fourth-order valence-electron chi connectivity index (χ4n) is 5.26. The maximum absolute atomic E-state index is 13.1. The van der Waals surface area contributed by atoms with Gasteiger partial charge in [-0.25, -0.2) is 18.2 Å². The summed E-state index contributed by atoms with van der Waals surface area (Å²) in [5.74, 6) is 1.24. The number of nitrogens with one attached hydrogen (secondary N) is 1. The quantitative estimate of drug-likeness (QED) is 0.350. The fraction of sp³-hybridized carbons (Fsp3) is 0.483. The maximum atomic E-state index is 13.1. The summed E-state index contributed by atoms with van der Waals surface area (Å²) in [5, 5.41) is 3.87. The van der Waals surface area contributed by atoms with Gasteiger partial charge in [-0.1, -0.05) is 11.3 Å². The van der Waals surface area contributed by atoms with Gasteiger partial charge in [-0.15, -0.1) is 0 Å². The maximum Gasteiger partial charge on any atom is 0.409 e. The predicted molar refractivity (Wildman–Crippen MR) is 168 cm³/mol. The molecule has 2 fully saturated rings. The minimum absolute atomic E-state index is 0.113. The third kappa shape index (κ3) is 6.85. The van der Waals surface area contributed by atoms with E-state index in [-0.39, 0.29) is 43.6 Å². The first-order valence-electron chi connectivity index (χ1n) is 14.5. The number of thiazole rings is 1. The van der Waals surface area contributed by atoms with Crippen LogP contribution in [0.15, 0.2) is 41.3 Å². The molecule has 0 saturated carbocycles. The van der Waals surface area contributed by atoms with Gasteiger partial charge in [0.2, 0.25) is 10.0 Å². The lowest BCUT2D eigenvalue weighted by Gasteiger charge is -2.34. The van der Waals surface area contributed by atoms with Gasteiger partial charge in [-0.3, -0.25) is 9.69 Å². The molecule has 0 radical (unpaired) electrons. The van der Waals surface area contributed by atoms with E-state index in [1.54, 1.807) is 32.5 Å². The Morgan fingerprint density at radius 3 is 2.20 bits per heavy atom. The highest BCUT2D eigenvalue weighted by Crippen LogP contribution is 2.40. The van der Waals surface area contributed by atoms with Crippen LogP contribution in [0.4, 0.5) is 9.93 Å². The van der Waals surface area contributed by atoms with Gasteiger partial charge < -0.3 is 29.3 Å². The number of aromatic nitrogens is 1. The van der Waals surface area contributed by atoms with Crippen molar-refractivity contribution in [3.63, 3.8) is 0 Å². The van der Waals surface area contributed by atoms with E-state index in [9.17, 15) is 18.0 Å². The van der Waals surface area contributed by atoms with Crippen molar-refractivity contribution in [1.82, 2.24) is 24.4 Å². The van der Waals surface area contributed by atoms with E-state index in [0.29, 0.717) is 18.7 Å². The molecule has 2 aromatic carbocycles. The molecule has 13 nitrogen and oxygen atoms in total. The van der Waals surface area contributed by atoms with Gasteiger partial charge in [-0.05, 0) is 43.3 Å². The van der Waals surface area contributed by atoms with Crippen molar-refractivity contribution in [1.29, 1.82) is 0 Å². The van der Waals surface area contributed by atoms with Crippen LogP contribution in [0.25, 0.3) is 10.2 Å². The van der Waals surface area contributed by atoms with E-state index in [4.69, 9.17) is 19.2 Å². The number of hydrogen-bond acceptors (Lipinski definition) is 11. The zero-order chi connectivity index (χ0) is 31.3. The Labute approximate surface area is 261 Å². The molecular weight excluding hydrogens is 608 g/mol. The summed E-state index contributed by atoms with van der Waals surface area (Å²) in [6.07, 6.45) is -0.436. The third-order valence-corrected chi connectivity index (χ3v) is 10.8. The molecule has 15 heteroatoms. The van der Waals surface area contributed by atoms with Crippen LogP contribution in [0.2, 0.25) is 0 Å². The van der Waals surface area contributed by atoms with Gasteiger partial charge in [0.15, 0.2) is 5.13 Å². The minimum Gasteiger partial charge on any atom is -0.495 e. The molecule has 2 amide bonds. The lowest BCUT2D eigenvalue weighted by molar-refractivity contribution is 0.0932. The Bertz CT molecular complexity index is 1520. The summed E-state index contributed by atoms with van der Waals surface area (Å²) in [6.45, 7) is 7.36. The number of carbonyl (C=O) groups is 2. The second kappa shape index (κ2) is 14.0. The molecular formula is C29H38N6O7S2. The first kappa shape index (κ1) is 31.8. The van der Waals surface area contributed by atoms with Crippen molar-refractivity contribution in [2.45, 2.75) is 11.8 Å². The summed E-state index contributed by atoms with van der Waals surface area (Å²) in [7, 11) is -0.454. The van der Waals surface area contributed by atoms with Crippen molar-refractivity contribution in [3.05, 3.63) is 42.0 Å². The largest absolute Gasteiger partial charge is 0.495 e. The Balaban J connectivity index is 1.08. The van der Waals surface area contributed by atoms with Gasteiger partial charge in [0.1, 0.15) is 21.7 Å². The highest BCUT2D eigenvalue weighted by atomic mass is 32.2. The molecule has 0 spiro atoms. The number of amides is 2. The number of benzene rings is 2. The third-order valence-electron chi connectivity index (χ3n) is 7.77. The topological polar surface area (TPSA) is 134 Å². The van der Waals surface area contributed by atoms with E-state index in [2.05, 4.69) is 15.1 Å². The number of hydrogen-bond donors (Lipinski definition) is 1. The SMILES string of the molecule is CCOC(=O)N1CCN(S(=O)(=O)c2ccc(C(=O)NCCN3CCN(c4nc5c(OC)ccc(OC)c5s4)CC3)cc2)CC1. The van der Waals surface area contributed by atoms with E-state index >= 15 is 0 Å². The molecule has 3 aromatic rings. The van der Waals surface area contributed by atoms with Crippen LogP contribution < -0.4 is 19.7 Å². The average Bonchev–Trinajstić information content (AvgIpc) is 3.50. The van der Waals surface area contributed by atoms with Crippen LogP contribution in [0.3, 0.4) is 0 Å². The zero-order valence-electron chi connectivity index (χ0n) is 25.2. The molecule has 1 N–H and O–H groups in total. The summed E-state index contributed by atoms with van der Waals surface area (Å²) < 4.78 is 44.5. The van der Waals surface area contributed by atoms with Gasteiger partial charge in [0.25, 0.3) is 5.91 Å². The summed E-state index contributed by atoms with van der Waals surface area (Å²) in [6, 6.07) is 9.72. The molecule has 0 bridgehead atoms. The van der Waals surface area contributed by atoms with E-state index in [1.165, 1.54) is 33.5 Å². The van der Waals surface area contributed by atoms with Crippen LogP contribution in [0.5, 0.6) is 11.5 Å². The number of methoxy groups -OCH3 is 2. The van der Waals surface area contributed by atoms with Crippen LogP contribution in [0.1, 0.15) is 17.3 Å². The average molecular weight is 647 g/mol. The van der Waals surface area contributed by atoms with Crippen molar-refractivity contribution in [3.8, 4) is 11.5 Å². The van der Waals surface area contributed by atoms with E-state index in [0.717, 1.165) is 53.0 Å². The molecule has 0 atom stereocenters. The molecule has 238 valence electrons. The lowest BCUT2D eigenvalue weighted by atomic mass is 10.2. The summed E-state index contributed by atoms with van der Waals surface area (Å²) in [4.78, 5) is 35.7. The highest BCUT2D eigenvalue weighted by molar-refractivity contribution is 7.89. The Morgan fingerprint density at radius 1 is 0.909 bits per heavy atom. The number of piperazine rings is 2. The number of fused-ring (bicyclic) bond motifs is 1. The van der Waals surface area contributed by atoms with Crippen LogP contribution in [-0.2, 0) is 14.8 Å². The Morgan fingerprint density at radius 2 is 1.57 bits per heavy atom. The standard InChI is InChI=1S/C29H38N6O7S2/c1-4-42-29(37)34-17-19-35(20-18-34)44(38,39)22-7-5-21(6-8-22)27(36)30-11-12-32-13-15-33(16-14-32)28-31-25-23(40-2)9-10-24(41-3)26(25)43-28/h5-10H,4,11-20H2,1-3H3,(H,30,36). The van der Waals surface area contributed by atoms with Crippen molar-refractivity contribution in [2.24, 2.45) is 0 Å². The van der Waals surface area contributed by atoms with Crippen molar-refractivity contribution < 1.29 is 32.2 Å². The number of ether oxygens (including phenoxy) is 3. The molecule has 0 unspecified atom stereocenters. The van der Waals surface area contributed by atoms with Crippen LogP contribution >= 0.6 is 11.3 Å². The van der Waals surface area contributed by atoms with Gasteiger partial charge in [-0.2, -0.15) is 4.31 Å². The highest BCUT2D eigenvalue weighted by Gasteiger charge is 2.31. The van der Waals surface area contributed by atoms with Crippen LogP contribution in [0, 0.1) is 0 Å². The molecule has 2 aliphatic rings. The monoisotopic (exact) mass is 646 g/mol. The Hall–Kier alpha value is -3.66. The zero-order valence-corrected chi connectivity index (χ0v) is 26.8. The second-order valence-corrected chi connectivity index (χ2v) is 13.3. The molecule has 44 heavy (non-hydrogen) atoms. The Kier molecular flexibility index (Phi) is 10.1.